The fraction of sp³-hybridized carbons (Fsp3) is 0.100. The van der Waals surface area contributed by atoms with Crippen LogP contribution in [0, 0.1) is 0 Å². The maximum atomic E-state index is 5.41. The zero-order valence-corrected chi connectivity index (χ0v) is 8.12. The highest BCUT2D eigenvalue weighted by Gasteiger charge is 2.04. The van der Waals surface area contributed by atoms with Gasteiger partial charge in [0.05, 0.1) is 7.11 Å². The molecule has 0 bridgehead atoms. The minimum Gasteiger partial charge on any atom is -0.493 e. The lowest BCUT2D eigenvalue weighted by Gasteiger charge is -2.07. The SMILES string of the molecule is COc1ccccc1Oc1ncncn1. The first kappa shape index (κ1) is 9.39. The first-order valence-electron chi connectivity index (χ1n) is 4.33. The summed E-state index contributed by atoms with van der Waals surface area (Å²) in [6.07, 6.45) is 2.75. The van der Waals surface area contributed by atoms with Crippen molar-refractivity contribution >= 4 is 0 Å². The Morgan fingerprint density at radius 1 is 1.00 bits per heavy atom. The predicted molar refractivity (Wildman–Crippen MR) is 52.9 cm³/mol. The van der Waals surface area contributed by atoms with Crippen molar-refractivity contribution in [3.63, 3.8) is 0 Å². The van der Waals surface area contributed by atoms with Gasteiger partial charge in [0.1, 0.15) is 12.7 Å². The summed E-state index contributed by atoms with van der Waals surface area (Å²) in [7, 11) is 1.58. The predicted octanol–water partition coefficient (Wildman–Crippen LogP) is 1.67. The topological polar surface area (TPSA) is 57.1 Å². The van der Waals surface area contributed by atoms with Gasteiger partial charge in [0, 0.05) is 0 Å². The summed E-state index contributed by atoms with van der Waals surface area (Å²) in [5, 5.41) is 0. The zero-order valence-electron chi connectivity index (χ0n) is 8.12. The summed E-state index contributed by atoms with van der Waals surface area (Å²) in [6, 6.07) is 7.53. The van der Waals surface area contributed by atoms with Crippen molar-refractivity contribution in [1.82, 2.24) is 15.0 Å². The summed E-state index contributed by atoms with van der Waals surface area (Å²) in [5.74, 6) is 1.21. The van der Waals surface area contributed by atoms with Crippen LogP contribution in [0.5, 0.6) is 17.5 Å². The highest BCUT2D eigenvalue weighted by molar-refractivity contribution is 5.40. The molecule has 76 valence electrons. The van der Waals surface area contributed by atoms with E-state index >= 15 is 0 Å². The molecular weight excluding hydrogens is 194 g/mol. The van der Waals surface area contributed by atoms with Gasteiger partial charge in [-0.3, -0.25) is 0 Å². The maximum absolute atomic E-state index is 5.41. The van der Waals surface area contributed by atoms with E-state index in [0.717, 1.165) is 0 Å². The molecule has 0 spiro atoms. The maximum Gasteiger partial charge on any atom is 0.325 e. The van der Waals surface area contributed by atoms with E-state index in [-0.39, 0.29) is 6.01 Å². The van der Waals surface area contributed by atoms with Crippen LogP contribution in [-0.4, -0.2) is 22.1 Å². The second-order valence-corrected chi connectivity index (χ2v) is 2.67. The number of hydrogen-bond acceptors (Lipinski definition) is 5. The monoisotopic (exact) mass is 203 g/mol. The van der Waals surface area contributed by atoms with Gasteiger partial charge in [0.15, 0.2) is 11.5 Å². The van der Waals surface area contributed by atoms with Crippen LogP contribution in [0.4, 0.5) is 0 Å². The van der Waals surface area contributed by atoms with E-state index in [1.165, 1.54) is 12.7 Å². The van der Waals surface area contributed by atoms with E-state index in [2.05, 4.69) is 15.0 Å². The van der Waals surface area contributed by atoms with Gasteiger partial charge in [-0.25, -0.2) is 4.98 Å². The first-order chi connectivity index (χ1) is 7.40. The van der Waals surface area contributed by atoms with Gasteiger partial charge in [-0.05, 0) is 12.1 Å². The summed E-state index contributed by atoms with van der Waals surface area (Å²) in [6.45, 7) is 0. The Morgan fingerprint density at radius 2 is 1.67 bits per heavy atom. The fourth-order valence-corrected chi connectivity index (χ4v) is 1.08. The fourth-order valence-electron chi connectivity index (χ4n) is 1.08. The lowest BCUT2D eigenvalue weighted by Crippen LogP contribution is -1.94. The van der Waals surface area contributed by atoms with Crippen LogP contribution in [0.3, 0.4) is 0 Å². The molecule has 0 saturated heterocycles. The lowest BCUT2D eigenvalue weighted by molar-refractivity contribution is 0.367. The average molecular weight is 203 g/mol. The number of benzene rings is 1. The molecule has 15 heavy (non-hydrogen) atoms. The van der Waals surface area contributed by atoms with Crippen molar-refractivity contribution in [2.24, 2.45) is 0 Å². The second-order valence-electron chi connectivity index (χ2n) is 2.67. The molecule has 0 aliphatic rings. The third-order valence-electron chi connectivity index (χ3n) is 1.74. The molecule has 0 N–H and O–H groups in total. The van der Waals surface area contributed by atoms with Crippen molar-refractivity contribution < 1.29 is 9.47 Å². The molecule has 0 radical (unpaired) electrons. The van der Waals surface area contributed by atoms with Crippen LogP contribution in [0.15, 0.2) is 36.9 Å². The van der Waals surface area contributed by atoms with E-state index in [1.807, 2.05) is 12.1 Å². The Hall–Kier alpha value is -2.17. The van der Waals surface area contributed by atoms with Crippen LogP contribution < -0.4 is 9.47 Å². The second kappa shape index (κ2) is 4.36. The molecule has 2 aromatic rings. The molecule has 0 amide bonds. The number of hydrogen-bond donors (Lipinski definition) is 0. The quantitative estimate of drug-likeness (QED) is 0.759. The number of aromatic nitrogens is 3. The van der Waals surface area contributed by atoms with Crippen LogP contribution in [-0.2, 0) is 0 Å². The zero-order chi connectivity index (χ0) is 10.5. The van der Waals surface area contributed by atoms with Crippen molar-refractivity contribution in [2.45, 2.75) is 0 Å². The average Bonchev–Trinajstić information content (AvgIpc) is 2.31. The first-order valence-corrected chi connectivity index (χ1v) is 4.33. The van der Waals surface area contributed by atoms with Crippen molar-refractivity contribution in [2.75, 3.05) is 7.11 Å². The molecule has 0 saturated carbocycles. The molecule has 5 nitrogen and oxygen atoms in total. The molecule has 0 aliphatic heterocycles. The van der Waals surface area contributed by atoms with E-state index in [1.54, 1.807) is 19.2 Å². The van der Waals surface area contributed by atoms with Crippen molar-refractivity contribution in [1.29, 1.82) is 0 Å². The minimum atomic E-state index is 0.245. The van der Waals surface area contributed by atoms with E-state index in [9.17, 15) is 0 Å². The molecule has 0 aliphatic carbocycles. The van der Waals surface area contributed by atoms with Gasteiger partial charge in [-0.1, -0.05) is 12.1 Å². The van der Waals surface area contributed by atoms with Gasteiger partial charge in [0.2, 0.25) is 0 Å². The van der Waals surface area contributed by atoms with Crippen molar-refractivity contribution in [3.8, 4) is 17.5 Å². The van der Waals surface area contributed by atoms with Crippen LogP contribution in [0.2, 0.25) is 0 Å². The Balaban J connectivity index is 2.24. The summed E-state index contributed by atoms with van der Waals surface area (Å²) < 4.78 is 10.5. The van der Waals surface area contributed by atoms with Gasteiger partial charge < -0.3 is 9.47 Å². The largest absolute Gasteiger partial charge is 0.493 e. The smallest absolute Gasteiger partial charge is 0.325 e. The molecule has 0 atom stereocenters. The molecule has 1 heterocycles. The summed E-state index contributed by atoms with van der Waals surface area (Å²) in [5.41, 5.74) is 0. The van der Waals surface area contributed by atoms with Gasteiger partial charge in [-0.15, -0.1) is 0 Å². The molecule has 0 fully saturated rings. The molecule has 0 unspecified atom stereocenters. The van der Waals surface area contributed by atoms with E-state index in [4.69, 9.17) is 9.47 Å². The number of para-hydroxylation sites is 2. The standard InChI is InChI=1S/C10H9N3O2/c1-14-8-4-2-3-5-9(8)15-10-12-6-11-7-13-10/h2-7H,1H3. The number of methoxy groups -OCH3 is 1. The Labute approximate surface area is 86.7 Å². The van der Waals surface area contributed by atoms with Crippen LogP contribution in [0.1, 0.15) is 0 Å². The van der Waals surface area contributed by atoms with Crippen molar-refractivity contribution in [3.05, 3.63) is 36.9 Å². The van der Waals surface area contributed by atoms with E-state index in [0.29, 0.717) is 11.5 Å². The third kappa shape index (κ3) is 2.19. The Morgan fingerprint density at radius 3 is 2.33 bits per heavy atom. The number of rotatable bonds is 3. The Bertz CT molecular complexity index is 434. The number of nitrogens with zero attached hydrogens (tertiary/aromatic N) is 3. The molecular formula is C10H9N3O2. The molecule has 1 aromatic heterocycles. The van der Waals surface area contributed by atoms with Crippen LogP contribution in [0.25, 0.3) is 0 Å². The Kier molecular flexibility index (Phi) is 2.73. The van der Waals surface area contributed by atoms with E-state index < -0.39 is 0 Å². The molecule has 1 aromatic carbocycles. The molecule has 2 rings (SSSR count). The number of ether oxygens (including phenoxy) is 2. The lowest BCUT2D eigenvalue weighted by atomic mass is 10.3. The van der Waals surface area contributed by atoms with Gasteiger partial charge in [-0.2, -0.15) is 9.97 Å². The molecule has 5 heteroatoms. The van der Waals surface area contributed by atoms with Gasteiger partial charge in [0.25, 0.3) is 0 Å². The highest BCUT2D eigenvalue weighted by atomic mass is 16.5. The third-order valence-corrected chi connectivity index (χ3v) is 1.74. The summed E-state index contributed by atoms with van der Waals surface area (Å²) >= 11 is 0. The normalized spacial score (nSPS) is 9.67. The van der Waals surface area contributed by atoms with Gasteiger partial charge >= 0.3 is 6.01 Å². The van der Waals surface area contributed by atoms with Crippen LogP contribution >= 0.6 is 0 Å². The summed E-state index contributed by atoms with van der Waals surface area (Å²) in [4.78, 5) is 11.4. The minimum absolute atomic E-state index is 0.245. The highest BCUT2D eigenvalue weighted by Crippen LogP contribution is 2.28.